The molecule has 3 amide bonds. The number of halogens is 1. The maximum Gasteiger partial charge on any atom is 0.326 e. The van der Waals surface area contributed by atoms with Crippen LogP contribution in [0.5, 0.6) is 0 Å². The summed E-state index contributed by atoms with van der Waals surface area (Å²) >= 11 is 0. The second-order valence-electron chi connectivity index (χ2n) is 6.01. The number of amides is 3. The molecular weight excluding hydrogens is 365 g/mol. The second-order valence-corrected chi connectivity index (χ2v) is 6.01. The first-order chi connectivity index (χ1) is 13.4. The SMILES string of the molecule is CCNC(=O)Cn1ccc(NC(=O)Nc2ccn(-c3ccc(F)cc3C)n2)n1. The summed E-state index contributed by atoms with van der Waals surface area (Å²) in [5, 5.41) is 16.2. The molecule has 0 aliphatic carbocycles. The van der Waals surface area contributed by atoms with Gasteiger partial charge in [-0.2, -0.15) is 5.10 Å². The summed E-state index contributed by atoms with van der Waals surface area (Å²) < 4.78 is 16.2. The van der Waals surface area contributed by atoms with E-state index in [1.165, 1.54) is 16.8 Å². The summed E-state index contributed by atoms with van der Waals surface area (Å²) in [7, 11) is 0. The molecule has 28 heavy (non-hydrogen) atoms. The maximum atomic E-state index is 13.2. The molecule has 0 aliphatic heterocycles. The number of nitrogens with one attached hydrogen (secondary N) is 3. The van der Waals surface area contributed by atoms with Crippen LogP contribution >= 0.6 is 0 Å². The van der Waals surface area contributed by atoms with Gasteiger partial charge < -0.3 is 5.32 Å². The molecule has 0 fully saturated rings. The van der Waals surface area contributed by atoms with Crippen molar-refractivity contribution < 1.29 is 14.0 Å². The number of urea groups is 1. The summed E-state index contributed by atoms with van der Waals surface area (Å²) in [4.78, 5) is 23.7. The van der Waals surface area contributed by atoms with Gasteiger partial charge in [-0.3, -0.25) is 20.1 Å². The third kappa shape index (κ3) is 4.72. The van der Waals surface area contributed by atoms with Crippen molar-refractivity contribution in [3.05, 3.63) is 54.1 Å². The van der Waals surface area contributed by atoms with Crippen LogP contribution < -0.4 is 16.0 Å². The van der Waals surface area contributed by atoms with E-state index in [9.17, 15) is 14.0 Å². The zero-order valence-electron chi connectivity index (χ0n) is 15.4. The summed E-state index contributed by atoms with van der Waals surface area (Å²) in [5.41, 5.74) is 1.43. The molecule has 0 aliphatic rings. The molecule has 3 rings (SSSR count). The maximum absolute atomic E-state index is 13.2. The Morgan fingerprint density at radius 2 is 1.79 bits per heavy atom. The fourth-order valence-electron chi connectivity index (χ4n) is 2.58. The van der Waals surface area contributed by atoms with Crippen molar-refractivity contribution >= 4 is 23.6 Å². The third-order valence-electron chi connectivity index (χ3n) is 3.80. The van der Waals surface area contributed by atoms with Crippen LogP contribution in [0, 0.1) is 12.7 Å². The minimum Gasteiger partial charge on any atom is -0.355 e. The Kier molecular flexibility index (Phi) is 5.68. The molecule has 10 heteroatoms. The number of nitrogens with zero attached hydrogens (tertiary/aromatic N) is 4. The second kappa shape index (κ2) is 8.33. The number of hydrogen-bond donors (Lipinski definition) is 3. The van der Waals surface area contributed by atoms with Crippen LogP contribution in [0.1, 0.15) is 12.5 Å². The number of rotatable bonds is 6. The smallest absolute Gasteiger partial charge is 0.326 e. The lowest BCUT2D eigenvalue weighted by Gasteiger charge is -2.06. The Bertz CT molecular complexity index is 995. The zero-order valence-corrected chi connectivity index (χ0v) is 15.4. The lowest BCUT2D eigenvalue weighted by atomic mass is 10.2. The number of benzene rings is 1. The van der Waals surface area contributed by atoms with E-state index in [0.29, 0.717) is 23.9 Å². The van der Waals surface area contributed by atoms with Gasteiger partial charge in [0.05, 0.1) is 5.69 Å². The third-order valence-corrected chi connectivity index (χ3v) is 3.80. The molecular formula is C18H20FN7O2. The molecule has 1 aromatic carbocycles. The van der Waals surface area contributed by atoms with Gasteiger partial charge >= 0.3 is 6.03 Å². The van der Waals surface area contributed by atoms with Crippen molar-refractivity contribution in [2.24, 2.45) is 0 Å². The Morgan fingerprint density at radius 1 is 1.07 bits per heavy atom. The van der Waals surface area contributed by atoms with Gasteiger partial charge in [-0.05, 0) is 37.6 Å². The van der Waals surface area contributed by atoms with E-state index in [0.717, 1.165) is 5.56 Å². The molecule has 9 nitrogen and oxygen atoms in total. The first-order valence-electron chi connectivity index (χ1n) is 8.65. The zero-order chi connectivity index (χ0) is 20.1. The summed E-state index contributed by atoms with van der Waals surface area (Å²) in [5.74, 6) is 0.138. The highest BCUT2D eigenvalue weighted by Crippen LogP contribution is 2.16. The van der Waals surface area contributed by atoms with Crippen molar-refractivity contribution in [2.45, 2.75) is 20.4 Å². The summed E-state index contributed by atoms with van der Waals surface area (Å²) in [6, 6.07) is 7.05. The fourth-order valence-corrected chi connectivity index (χ4v) is 2.58. The fraction of sp³-hybridized carbons (Fsp3) is 0.222. The molecule has 2 heterocycles. The number of carbonyl (C=O) groups excluding carboxylic acids is 2. The van der Waals surface area contributed by atoms with E-state index < -0.39 is 6.03 Å². The van der Waals surface area contributed by atoms with E-state index in [4.69, 9.17) is 0 Å². The number of aryl methyl sites for hydroxylation is 1. The highest BCUT2D eigenvalue weighted by Gasteiger charge is 2.10. The van der Waals surface area contributed by atoms with Crippen molar-refractivity contribution in [3.63, 3.8) is 0 Å². The molecule has 0 unspecified atom stereocenters. The first kappa shape index (κ1) is 19.1. The van der Waals surface area contributed by atoms with Crippen molar-refractivity contribution in [2.75, 3.05) is 17.2 Å². The summed E-state index contributed by atoms with van der Waals surface area (Å²) in [6.07, 6.45) is 3.26. The largest absolute Gasteiger partial charge is 0.355 e. The molecule has 0 spiro atoms. The highest BCUT2D eigenvalue weighted by molar-refractivity contribution is 5.98. The average Bonchev–Trinajstić information content (AvgIpc) is 3.24. The summed E-state index contributed by atoms with van der Waals surface area (Å²) in [6.45, 7) is 4.21. The predicted octanol–water partition coefficient (Wildman–Crippen LogP) is 2.30. The minimum atomic E-state index is -0.524. The molecule has 0 radical (unpaired) electrons. The molecule has 0 atom stereocenters. The van der Waals surface area contributed by atoms with Crippen LogP contribution in [0.15, 0.2) is 42.7 Å². The normalized spacial score (nSPS) is 10.5. The van der Waals surface area contributed by atoms with Crippen molar-refractivity contribution in [1.82, 2.24) is 24.9 Å². The first-order valence-corrected chi connectivity index (χ1v) is 8.65. The Labute approximate surface area is 160 Å². The lowest BCUT2D eigenvalue weighted by molar-refractivity contribution is -0.121. The monoisotopic (exact) mass is 385 g/mol. The van der Waals surface area contributed by atoms with Gasteiger partial charge in [0.15, 0.2) is 11.6 Å². The van der Waals surface area contributed by atoms with E-state index in [1.54, 1.807) is 42.2 Å². The molecule has 0 bridgehead atoms. The average molecular weight is 385 g/mol. The number of likely N-dealkylation sites (N-methyl/N-ethyl adjacent to an activating group) is 1. The van der Waals surface area contributed by atoms with Crippen molar-refractivity contribution in [1.29, 1.82) is 0 Å². The number of aromatic nitrogens is 4. The standard InChI is InChI=1S/C18H20FN7O2/c1-3-20-17(27)11-25-8-6-15(23-25)21-18(28)22-16-7-9-26(24-16)14-5-4-13(19)10-12(14)2/h4-10H,3,11H2,1-2H3,(H,20,27)(H2,21,22,23,24,28). The van der Waals surface area contributed by atoms with E-state index in [1.807, 2.05) is 6.92 Å². The van der Waals surface area contributed by atoms with Gasteiger partial charge in [0, 0.05) is 31.1 Å². The van der Waals surface area contributed by atoms with Crippen molar-refractivity contribution in [3.8, 4) is 5.69 Å². The Morgan fingerprint density at radius 3 is 2.50 bits per heavy atom. The minimum absolute atomic E-state index is 0.0680. The Hall–Kier alpha value is -3.69. The number of hydrogen-bond acceptors (Lipinski definition) is 4. The van der Waals surface area contributed by atoms with Crippen LogP contribution in [0.2, 0.25) is 0 Å². The van der Waals surface area contributed by atoms with Gasteiger partial charge in [-0.15, -0.1) is 5.10 Å². The van der Waals surface area contributed by atoms with Gasteiger partial charge in [0.1, 0.15) is 12.4 Å². The molecule has 0 saturated carbocycles. The number of anilines is 2. The van der Waals surface area contributed by atoms with Crippen LogP contribution in [0.4, 0.5) is 20.8 Å². The molecule has 2 aromatic heterocycles. The Balaban J connectivity index is 1.59. The van der Waals surface area contributed by atoms with Crippen LogP contribution in [0.3, 0.4) is 0 Å². The van der Waals surface area contributed by atoms with Gasteiger partial charge in [0.25, 0.3) is 0 Å². The highest BCUT2D eigenvalue weighted by atomic mass is 19.1. The molecule has 3 aromatic rings. The topological polar surface area (TPSA) is 106 Å². The van der Waals surface area contributed by atoms with Gasteiger partial charge in [0.2, 0.25) is 5.91 Å². The van der Waals surface area contributed by atoms with E-state index in [2.05, 4.69) is 26.1 Å². The van der Waals surface area contributed by atoms with Crippen LogP contribution in [0.25, 0.3) is 5.69 Å². The quantitative estimate of drug-likeness (QED) is 0.605. The molecule has 146 valence electrons. The lowest BCUT2D eigenvalue weighted by Crippen LogP contribution is -2.27. The molecule has 0 saturated heterocycles. The van der Waals surface area contributed by atoms with Gasteiger partial charge in [-0.25, -0.2) is 13.9 Å². The van der Waals surface area contributed by atoms with Crippen LogP contribution in [-0.2, 0) is 11.3 Å². The van der Waals surface area contributed by atoms with E-state index >= 15 is 0 Å². The molecule has 3 N–H and O–H groups in total. The van der Waals surface area contributed by atoms with Gasteiger partial charge in [-0.1, -0.05) is 0 Å². The number of carbonyl (C=O) groups is 2. The van der Waals surface area contributed by atoms with Crippen LogP contribution in [-0.4, -0.2) is 38.0 Å². The van der Waals surface area contributed by atoms with E-state index in [-0.39, 0.29) is 18.3 Å². The predicted molar refractivity (Wildman–Crippen MR) is 102 cm³/mol.